The van der Waals surface area contributed by atoms with E-state index in [0.717, 1.165) is 25.2 Å². The summed E-state index contributed by atoms with van der Waals surface area (Å²) in [6, 6.07) is 10.4. The molecule has 7 nitrogen and oxygen atoms in total. The number of hydrogen-bond donors (Lipinski definition) is 0. The van der Waals surface area contributed by atoms with E-state index in [-0.39, 0.29) is 6.04 Å². The molecule has 3 heterocycles. The molecule has 1 atom stereocenters. The highest BCUT2D eigenvalue weighted by Gasteiger charge is 2.31. The van der Waals surface area contributed by atoms with Gasteiger partial charge in [0, 0.05) is 45.4 Å². The van der Waals surface area contributed by atoms with Gasteiger partial charge in [0.1, 0.15) is 5.69 Å². The van der Waals surface area contributed by atoms with Crippen molar-refractivity contribution in [1.82, 2.24) is 29.7 Å². The van der Waals surface area contributed by atoms with Crippen LogP contribution in [0, 0.1) is 0 Å². The van der Waals surface area contributed by atoms with E-state index in [1.165, 1.54) is 16.8 Å². The zero-order chi connectivity index (χ0) is 17.9. The zero-order valence-electron chi connectivity index (χ0n) is 15.2. The minimum atomic E-state index is 0.108. The lowest BCUT2D eigenvalue weighted by atomic mass is 10.0. The molecule has 0 spiro atoms. The van der Waals surface area contributed by atoms with Crippen LogP contribution in [-0.2, 0) is 38.4 Å². The maximum Gasteiger partial charge on any atom is 0.105 e. The Bertz CT molecular complexity index is 856. The predicted molar refractivity (Wildman–Crippen MR) is 97.2 cm³/mol. The largest absolute Gasteiger partial charge is 0.375 e. The third-order valence-electron chi connectivity index (χ3n) is 4.90. The molecule has 0 amide bonds. The Morgan fingerprint density at radius 1 is 1.15 bits per heavy atom. The first kappa shape index (κ1) is 16.9. The van der Waals surface area contributed by atoms with Gasteiger partial charge in [-0.05, 0) is 5.56 Å². The molecule has 0 fully saturated rings. The van der Waals surface area contributed by atoms with Gasteiger partial charge < -0.3 is 4.74 Å². The highest BCUT2D eigenvalue weighted by molar-refractivity contribution is 5.20. The van der Waals surface area contributed by atoms with Crippen LogP contribution in [0.1, 0.15) is 28.6 Å². The topological polar surface area (TPSA) is 61.0 Å². The molecule has 2 aromatic heterocycles. The Morgan fingerprint density at radius 2 is 2.00 bits per heavy atom. The molecule has 4 rings (SSSR count). The van der Waals surface area contributed by atoms with Gasteiger partial charge >= 0.3 is 0 Å². The summed E-state index contributed by atoms with van der Waals surface area (Å²) in [4.78, 5) is 2.42. The average Bonchev–Trinajstić information content (AvgIpc) is 3.23. The minimum absolute atomic E-state index is 0.108. The molecule has 136 valence electrons. The first-order valence-corrected chi connectivity index (χ1v) is 8.92. The Kier molecular flexibility index (Phi) is 4.81. The molecule has 7 heteroatoms. The molecule has 0 saturated carbocycles. The van der Waals surface area contributed by atoms with Crippen molar-refractivity contribution in [1.29, 1.82) is 0 Å². The number of nitrogens with zero attached hydrogens (tertiary/aromatic N) is 6. The number of aryl methyl sites for hydroxylation is 2. The van der Waals surface area contributed by atoms with Crippen LogP contribution < -0.4 is 0 Å². The summed E-state index contributed by atoms with van der Waals surface area (Å²) in [7, 11) is 3.91. The number of benzene rings is 1. The van der Waals surface area contributed by atoms with E-state index in [0.29, 0.717) is 13.2 Å². The van der Waals surface area contributed by atoms with Gasteiger partial charge in [0.2, 0.25) is 0 Å². The zero-order valence-corrected chi connectivity index (χ0v) is 15.2. The summed E-state index contributed by atoms with van der Waals surface area (Å²) in [5.74, 6) is 0. The molecule has 0 radical (unpaired) electrons. The first-order chi connectivity index (χ1) is 12.7. The van der Waals surface area contributed by atoms with Crippen LogP contribution in [0.5, 0.6) is 0 Å². The van der Waals surface area contributed by atoms with Crippen molar-refractivity contribution in [2.24, 2.45) is 14.1 Å². The second-order valence-electron chi connectivity index (χ2n) is 6.80. The molecule has 1 aliphatic heterocycles. The van der Waals surface area contributed by atoms with E-state index in [2.05, 4.69) is 38.6 Å². The highest BCUT2D eigenvalue weighted by atomic mass is 16.5. The second-order valence-corrected chi connectivity index (χ2v) is 6.80. The van der Waals surface area contributed by atoms with Crippen LogP contribution in [0.15, 0.2) is 42.7 Å². The smallest absolute Gasteiger partial charge is 0.105 e. The lowest BCUT2D eigenvalue weighted by Gasteiger charge is -2.34. The van der Waals surface area contributed by atoms with Crippen molar-refractivity contribution < 1.29 is 4.74 Å². The van der Waals surface area contributed by atoms with Crippen molar-refractivity contribution in [2.45, 2.75) is 25.6 Å². The number of rotatable bonds is 6. The van der Waals surface area contributed by atoms with Crippen molar-refractivity contribution in [3.05, 3.63) is 65.2 Å². The molecule has 26 heavy (non-hydrogen) atoms. The molecule has 1 aliphatic rings. The second kappa shape index (κ2) is 7.39. The van der Waals surface area contributed by atoms with Gasteiger partial charge in [-0.2, -0.15) is 5.10 Å². The van der Waals surface area contributed by atoms with Gasteiger partial charge in [-0.25, -0.2) is 0 Å². The van der Waals surface area contributed by atoms with Gasteiger partial charge in [0.05, 0.1) is 31.1 Å². The summed E-state index contributed by atoms with van der Waals surface area (Å²) in [5, 5.41) is 12.9. The van der Waals surface area contributed by atoms with Crippen LogP contribution in [0.3, 0.4) is 0 Å². The van der Waals surface area contributed by atoms with Gasteiger partial charge in [-0.15, -0.1) is 5.10 Å². The van der Waals surface area contributed by atoms with Gasteiger partial charge in [0.25, 0.3) is 0 Å². The van der Waals surface area contributed by atoms with E-state index >= 15 is 0 Å². The summed E-state index contributed by atoms with van der Waals surface area (Å²) in [5.41, 5.74) is 4.63. The number of aromatic nitrogens is 5. The highest BCUT2D eigenvalue weighted by Crippen LogP contribution is 2.29. The Labute approximate surface area is 153 Å². The summed E-state index contributed by atoms with van der Waals surface area (Å²) in [6.07, 6.45) is 4.94. The van der Waals surface area contributed by atoms with Crippen molar-refractivity contribution in [3.63, 3.8) is 0 Å². The SMILES string of the molecule is Cn1cc(CN2CCc3c(nnn3C)[C@@H]2COCc2ccccc2)cn1. The fourth-order valence-electron chi connectivity index (χ4n) is 3.54. The van der Waals surface area contributed by atoms with E-state index in [4.69, 9.17) is 4.74 Å². The molecular weight excluding hydrogens is 328 g/mol. The van der Waals surface area contributed by atoms with Crippen LogP contribution in [0.2, 0.25) is 0 Å². The fourth-order valence-corrected chi connectivity index (χ4v) is 3.54. The standard InChI is InChI=1S/C19H24N6O/c1-23-11-16(10-20-23)12-25-9-8-17-19(21-22-24(17)2)18(25)14-26-13-15-6-4-3-5-7-15/h3-7,10-11,18H,8-9,12-14H2,1-2H3/t18-/m0/s1. The lowest BCUT2D eigenvalue weighted by Crippen LogP contribution is -2.38. The van der Waals surface area contributed by atoms with Gasteiger partial charge in [-0.3, -0.25) is 14.3 Å². The van der Waals surface area contributed by atoms with E-state index in [9.17, 15) is 0 Å². The molecule has 0 aliphatic carbocycles. The molecule has 3 aromatic rings. The van der Waals surface area contributed by atoms with Crippen molar-refractivity contribution in [2.75, 3.05) is 13.2 Å². The monoisotopic (exact) mass is 352 g/mol. The van der Waals surface area contributed by atoms with Crippen LogP contribution in [0.4, 0.5) is 0 Å². The maximum atomic E-state index is 6.06. The summed E-state index contributed by atoms with van der Waals surface area (Å²) in [6.45, 7) is 3.00. The van der Waals surface area contributed by atoms with Gasteiger partial charge in [-0.1, -0.05) is 35.5 Å². The fraction of sp³-hybridized carbons (Fsp3) is 0.421. The molecule has 0 N–H and O–H groups in total. The predicted octanol–water partition coefficient (Wildman–Crippen LogP) is 1.86. The lowest BCUT2D eigenvalue weighted by molar-refractivity contribution is 0.0389. The van der Waals surface area contributed by atoms with Crippen LogP contribution in [0.25, 0.3) is 0 Å². The average molecular weight is 352 g/mol. The molecule has 1 aromatic carbocycles. The molecular formula is C19H24N6O. The van der Waals surface area contributed by atoms with Crippen molar-refractivity contribution >= 4 is 0 Å². The van der Waals surface area contributed by atoms with E-state index in [1.807, 2.05) is 47.9 Å². The molecule has 0 unspecified atom stereocenters. The molecule has 0 saturated heterocycles. The Hall–Kier alpha value is -2.51. The third kappa shape index (κ3) is 3.54. The number of ether oxygens (including phenoxy) is 1. The molecule has 0 bridgehead atoms. The first-order valence-electron chi connectivity index (χ1n) is 8.92. The van der Waals surface area contributed by atoms with E-state index < -0.39 is 0 Å². The van der Waals surface area contributed by atoms with E-state index in [1.54, 1.807) is 0 Å². The van der Waals surface area contributed by atoms with Crippen LogP contribution >= 0.6 is 0 Å². The maximum absolute atomic E-state index is 6.06. The van der Waals surface area contributed by atoms with Crippen LogP contribution in [-0.4, -0.2) is 42.8 Å². The normalized spacial score (nSPS) is 17.4. The van der Waals surface area contributed by atoms with Gasteiger partial charge in [0.15, 0.2) is 0 Å². The summed E-state index contributed by atoms with van der Waals surface area (Å²) < 4.78 is 9.79. The minimum Gasteiger partial charge on any atom is -0.375 e. The quantitative estimate of drug-likeness (QED) is 0.678. The summed E-state index contributed by atoms with van der Waals surface area (Å²) >= 11 is 0. The van der Waals surface area contributed by atoms with Crippen molar-refractivity contribution in [3.8, 4) is 0 Å². The third-order valence-corrected chi connectivity index (χ3v) is 4.90. The number of hydrogen-bond acceptors (Lipinski definition) is 5. The number of fused-ring (bicyclic) bond motifs is 1. The Balaban J connectivity index is 1.49. The Morgan fingerprint density at radius 3 is 2.77 bits per heavy atom.